The van der Waals surface area contributed by atoms with E-state index in [1.54, 1.807) is 19.1 Å². The lowest BCUT2D eigenvalue weighted by Crippen LogP contribution is -2.29. The molecule has 0 bridgehead atoms. The highest BCUT2D eigenvalue weighted by Gasteiger charge is 2.19. The fourth-order valence-electron chi connectivity index (χ4n) is 3.18. The maximum Gasteiger partial charge on any atom is 0.314 e. The summed E-state index contributed by atoms with van der Waals surface area (Å²) in [5.41, 5.74) is 0.243. The van der Waals surface area contributed by atoms with E-state index >= 15 is 0 Å². The van der Waals surface area contributed by atoms with Crippen molar-refractivity contribution >= 4 is 38.3 Å². The standard InChI is InChI=1S/C20H15ClN4O5S/c1-10-6-15-16(24-20(28)19(27)23-15)9-17(10)31(29,30)25-12-2-3-13(14(21)8-12)11-4-5-22-18(26)7-11/h2-9,25H,1H3,(H,22,26)(H,23,27)(H,24,28). The summed E-state index contributed by atoms with van der Waals surface area (Å²) in [5, 5.41) is 0.253. The number of aromatic amines is 3. The molecule has 0 saturated heterocycles. The number of H-pyrrole nitrogens is 3. The monoisotopic (exact) mass is 458 g/mol. The van der Waals surface area contributed by atoms with Crippen molar-refractivity contribution in [3.05, 3.63) is 90.3 Å². The van der Waals surface area contributed by atoms with Gasteiger partial charge in [0.05, 0.1) is 26.6 Å². The molecule has 158 valence electrons. The maximum atomic E-state index is 13.0. The summed E-state index contributed by atoms with van der Waals surface area (Å²) >= 11 is 6.31. The van der Waals surface area contributed by atoms with Gasteiger partial charge in [0.25, 0.3) is 10.0 Å². The van der Waals surface area contributed by atoms with Crippen LogP contribution in [0.25, 0.3) is 22.2 Å². The second kappa shape index (κ2) is 7.56. The number of hydrogen-bond acceptors (Lipinski definition) is 5. The van der Waals surface area contributed by atoms with Crippen molar-refractivity contribution in [3.8, 4) is 11.1 Å². The number of nitrogens with one attached hydrogen (secondary N) is 4. The fourth-order valence-corrected chi connectivity index (χ4v) is 4.77. The molecule has 4 aromatic rings. The number of benzene rings is 2. The van der Waals surface area contributed by atoms with Crippen molar-refractivity contribution < 1.29 is 8.42 Å². The molecule has 0 atom stereocenters. The van der Waals surface area contributed by atoms with E-state index in [2.05, 4.69) is 19.7 Å². The smallest absolute Gasteiger partial charge is 0.314 e. The Balaban J connectivity index is 1.72. The molecule has 4 rings (SSSR count). The van der Waals surface area contributed by atoms with Crippen LogP contribution in [-0.2, 0) is 10.0 Å². The van der Waals surface area contributed by atoms with Crippen molar-refractivity contribution in [2.45, 2.75) is 11.8 Å². The van der Waals surface area contributed by atoms with Gasteiger partial charge in [-0.25, -0.2) is 8.42 Å². The quantitative estimate of drug-likeness (QED) is 0.347. The summed E-state index contributed by atoms with van der Waals surface area (Å²) < 4.78 is 28.4. The van der Waals surface area contributed by atoms with Gasteiger partial charge in [0.2, 0.25) is 5.56 Å². The zero-order valence-corrected chi connectivity index (χ0v) is 17.5. The Hall–Kier alpha value is -3.63. The molecule has 0 aliphatic heterocycles. The van der Waals surface area contributed by atoms with Gasteiger partial charge in [0.1, 0.15) is 0 Å². The zero-order chi connectivity index (χ0) is 22.3. The Kier molecular flexibility index (Phi) is 5.03. The van der Waals surface area contributed by atoms with Crippen LogP contribution in [-0.4, -0.2) is 23.4 Å². The van der Waals surface area contributed by atoms with E-state index in [0.717, 1.165) is 0 Å². The average Bonchev–Trinajstić information content (AvgIpc) is 2.68. The Labute approximate surface area is 179 Å². The van der Waals surface area contributed by atoms with Gasteiger partial charge < -0.3 is 15.0 Å². The number of fused-ring (bicyclic) bond motifs is 1. The normalized spacial score (nSPS) is 11.5. The molecule has 0 aliphatic rings. The van der Waals surface area contributed by atoms with Crippen LogP contribution in [0.5, 0.6) is 0 Å². The molecule has 2 heterocycles. The van der Waals surface area contributed by atoms with Gasteiger partial charge in [-0.15, -0.1) is 0 Å². The zero-order valence-electron chi connectivity index (χ0n) is 15.9. The van der Waals surface area contributed by atoms with E-state index in [1.807, 2.05) is 0 Å². The second-order valence-electron chi connectivity index (χ2n) is 6.81. The number of rotatable bonds is 4. The summed E-state index contributed by atoms with van der Waals surface area (Å²) in [6.45, 7) is 1.57. The second-order valence-corrected chi connectivity index (χ2v) is 8.87. The van der Waals surface area contributed by atoms with Crippen LogP contribution in [0.1, 0.15) is 5.56 Å². The number of aryl methyl sites for hydroxylation is 1. The van der Waals surface area contributed by atoms with E-state index in [-0.39, 0.29) is 26.7 Å². The third kappa shape index (κ3) is 4.03. The maximum absolute atomic E-state index is 13.0. The van der Waals surface area contributed by atoms with Crippen LogP contribution in [0.4, 0.5) is 5.69 Å². The number of pyridine rings is 1. The number of anilines is 1. The van der Waals surface area contributed by atoms with Crippen molar-refractivity contribution in [2.75, 3.05) is 4.72 Å². The number of sulfonamides is 1. The van der Waals surface area contributed by atoms with E-state index in [1.165, 1.54) is 36.5 Å². The summed E-state index contributed by atoms with van der Waals surface area (Å²) in [4.78, 5) is 41.8. The van der Waals surface area contributed by atoms with E-state index in [0.29, 0.717) is 22.2 Å². The van der Waals surface area contributed by atoms with Gasteiger partial charge in [0, 0.05) is 17.8 Å². The molecule has 0 saturated carbocycles. The van der Waals surface area contributed by atoms with Crippen LogP contribution in [0.2, 0.25) is 5.02 Å². The van der Waals surface area contributed by atoms with Gasteiger partial charge in [0.15, 0.2) is 0 Å². The van der Waals surface area contributed by atoms with Gasteiger partial charge in [-0.1, -0.05) is 17.7 Å². The first-order chi connectivity index (χ1) is 14.6. The van der Waals surface area contributed by atoms with E-state index in [9.17, 15) is 22.8 Å². The SMILES string of the molecule is Cc1cc2[nH]c(=O)c(=O)[nH]c2cc1S(=O)(=O)Nc1ccc(-c2cc[nH]c(=O)c2)c(Cl)c1. The van der Waals surface area contributed by atoms with Crippen LogP contribution >= 0.6 is 11.6 Å². The Bertz CT molecular complexity index is 1620. The molecule has 2 aromatic heterocycles. The third-order valence-electron chi connectivity index (χ3n) is 4.61. The molecule has 31 heavy (non-hydrogen) atoms. The minimum Gasteiger partial charge on any atom is -0.329 e. The Morgan fingerprint density at radius 3 is 2.23 bits per heavy atom. The summed E-state index contributed by atoms with van der Waals surface area (Å²) in [6.07, 6.45) is 1.49. The summed E-state index contributed by atoms with van der Waals surface area (Å²) in [6, 6.07) is 10.4. The molecular formula is C20H15ClN4O5S. The summed E-state index contributed by atoms with van der Waals surface area (Å²) in [5.74, 6) is 0. The first-order valence-electron chi connectivity index (χ1n) is 8.92. The molecule has 0 fully saturated rings. The van der Waals surface area contributed by atoms with Crippen LogP contribution in [0.3, 0.4) is 0 Å². The molecule has 4 N–H and O–H groups in total. The van der Waals surface area contributed by atoms with Crippen LogP contribution < -0.4 is 21.4 Å². The van der Waals surface area contributed by atoms with Crippen molar-refractivity contribution in [1.82, 2.24) is 15.0 Å². The molecule has 11 heteroatoms. The number of aromatic nitrogens is 3. The van der Waals surface area contributed by atoms with Gasteiger partial charge >= 0.3 is 11.1 Å². The molecule has 0 radical (unpaired) electrons. The van der Waals surface area contributed by atoms with E-state index < -0.39 is 21.1 Å². The molecule has 0 aliphatic carbocycles. The highest BCUT2D eigenvalue weighted by molar-refractivity contribution is 7.92. The van der Waals surface area contributed by atoms with E-state index in [4.69, 9.17) is 11.6 Å². The highest BCUT2D eigenvalue weighted by Crippen LogP contribution is 2.31. The highest BCUT2D eigenvalue weighted by atomic mass is 35.5. The Morgan fingerprint density at radius 1 is 0.903 bits per heavy atom. The predicted octanol–water partition coefficient (Wildman–Crippen LogP) is 2.33. The lowest BCUT2D eigenvalue weighted by atomic mass is 10.1. The lowest BCUT2D eigenvalue weighted by molar-refractivity contribution is 0.600. The van der Waals surface area contributed by atoms with Crippen LogP contribution in [0.15, 0.2) is 67.9 Å². The minimum absolute atomic E-state index is 0.0718. The lowest BCUT2D eigenvalue weighted by Gasteiger charge is -2.13. The molecule has 0 spiro atoms. The predicted molar refractivity (Wildman–Crippen MR) is 118 cm³/mol. The largest absolute Gasteiger partial charge is 0.329 e. The fraction of sp³-hybridized carbons (Fsp3) is 0.0500. The molecule has 0 unspecified atom stereocenters. The van der Waals surface area contributed by atoms with Crippen LogP contribution in [0, 0.1) is 6.92 Å². The molecule has 0 amide bonds. The topological polar surface area (TPSA) is 145 Å². The number of halogens is 1. The molecule has 9 nitrogen and oxygen atoms in total. The van der Waals surface area contributed by atoms with Gasteiger partial charge in [-0.05, 0) is 48.4 Å². The summed E-state index contributed by atoms with van der Waals surface area (Å²) in [7, 11) is -4.04. The van der Waals surface area contributed by atoms with Gasteiger partial charge in [-0.2, -0.15) is 0 Å². The first-order valence-corrected chi connectivity index (χ1v) is 10.8. The molecule has 2 aromatic carbocycles. The third-order valence-corrected chi connectivity index (χ3v) is 6.45. The minimum atomic E-state index is -4.04. The first kappa shape index (κ1) is 20.6. The average molecular weight is 459 g/mol. The van der Waals surface area contributed by atoms with Crippen molar-refractivity contribution in [2.24, 2.45) is 0 Å². The van der Waals surface area contributed by atoms with Crippen molar-refractivity contribution in [1.29, 1.82) is 0 Å². The Morgan fingerprint density at radius 2 is 1.58 bits per heavy atom. The van der Waals surface area contributed by atoms with Crippen molar-refractivity contribution in [3.63, 3.8) is 0 Å². The number of hydrogen-bond donors (Lipinski definition) is 4. The molecular weight excluding hydrogens is 444 g/mol. The van der Waals surface area contributed by atoms with Gasteiger partial charge in [-0.3, -0.25) is 19.1 Å².